The molecular formula is C71H113BN9O5. The van der Waals surface area contributed by atoms with Crippen LogP contribution in [0.15, 0.2) is 94.7 Å². The molecule has 3 aliphatic rings. The van der Waals surface area contributed by atoms with Gasteiger partial charge in [0.1, 0.15) is 23.9 Å². The van der Waals surface area contributed by atoms with Gasteiger partial charge in [-0.2, -0.15) is 0 Å². The van der Waals surface area contributed by atoms with Crippen molar-refractivity contribution in [1.82, 2.24) is 9.88 Å². The number of carbonyl (C=O) groups is 4. The van der Waals surface area contributed by atoms with E-state index in [2.05, 4.69) is 146 Å². The number of aldehydes is 1. The van der Waals surface area contributed by atoms with Crippen LogP contribution in [-0.2, 0) is 14.4 Å². The van der Waals surface area contributed by atoms with Gasteiger partial charge in [-0.25, -0.2) is 4.98 Å². The number of nitrogens with zero attached hydrogens (tertiary/aromatic N) is 6. The van der Waals surface area contributed by atoms with E-state index in [4.69, 9.17) is 17.2 Å². The van der Waals surface area contributed by atoms with Crippen LogP contribution in [0.2, 0.25) is 0 Å². The molecule has 3 atom stereocenters. The van der Waals surface area contributed by atoms with Gasteiger partial charge in [0.2, 0.25) is 12.3 Å². The molecule has 4 N–H and O–H groups in total. The first-order valence-corrected chi connectivity index (χ1v) is 31.7. The SMILES string of the molecule is C=N/C=C1/CCN(c2cnc3c(c2C)NCCO3)CC1=Nc1ccc(C(C)C)cc1.CC.CC.CC(C)C.CCC(=O)CCC(C)C(C)=O.CCC(C)CC(CC)N1CCN(c2ccc(NC=O)cc2)CC1.CN.[B]=C(C)c1ccc(C)cc1C=O. The van der Waals surface area contributed by atoms with Gasteiger partial charge in [-0.15, -0.1) is 0 Å². The molecule has 2 fully saturated rings. The Morgan fingerprint density at radius 1 is 0.849 bits per heavy atom. The van der Waals surface area contributed by atoms with E-state index >= 15 is 0 Å². The van der Waals surface area contributed by atoms with E-state index in [1.807, 2.05) is 91.2 Å². The summed E-state index contributed by atoms with van der Waals surface area (Å²) >= 11 is 0. The first-order valence-electron chi connectivity index (χ1n) is 31.7. The molecule has 86 heavy (non-hydrogen) atoms. The summed E-state index contributed by atoms with van der Waals surface area (Å²) in [7, 11) is 7.10. The zero-order valence-corrected chi connectivity index (χ0v) is 56.7. The number of piperazine rings is 1. The van der Waals surface area contributed by atoms with Crippen LogP contribution in [0.4, 0.5) is 28.4 Å². The molecule has 7 rings (SSSR count). The minimum atomic E-state index is 0.0468. The number of amides is 1. The Morgan fingerprint density at radius 3 is 1.98 bits per heavy atom. The molecule has 1 radical (unpaired) electrons. The first kappa shape index (κ1) is 79.4. The van der Waals surface area contributed by atoms with Crippen molar-refractivity contribution in [2.45, 2.75) is 182 Å². The standard InChI is InChI=1S/C24H29N5O.C19H31N3O.C10H10BO.C9H16O2.C4H10.2C2H6.CH5N/c1-16(2)18-5-7-20(8-6-18)28-21-15-29(11-9-19(21)13-25-4)22-14-27-24-23(17(22)3)26-10-12-30-24;1-4-16(3)14-18(5-2)21-10-12-22(13-11-21)19-8-6-17(7-9-19)20-15-23;1-7-3-4-10(8(2)11)9(5-7)6-12;1-4-9(11)6-5-7(2)8(3)10;1-4(2)3;3*1-2/h5-8,13-14,16,26H,4,9-12,15H2,1-3H3;6-9,15-16,18H,4-5,10-14H2,1-3H3,(H,20,23);3-6H,1-2H3;7H,4-6H2,1-3H3;4H,1-3H3;2*1-2H3;2H2,1H3/b19-13-,28-21?;;;;;;;. The summed E-state index contributed by atoms with van der Waals surface area (Å²) in [6.07, 6.45) is 11.9. The summed E-state index contributed by atoms with van der Waals surface area (Å²) in [5, 5.41) is 6.11. The quantitative estimate of drug-likeness (QED) is 0.0463. The van der Waals surface area contributed by atoms with Crippen molar-refractivity contribution in [2.24, 2.45) is 33.5 Å². The monoisotopic (exact) mass is 1180 g/mol. The average Bonchev–Trinajstić information content (AvgIpc) is 1.53. The number of nitrogens with one attached hydrogen (secondary N) is 2. The molecule has 3 aromatic carbocycles. The number of fused-ring (bicyclic) bond motifs is 1. The predicted octanol–water partition coefficient (Wildman–Crippen LogP) is 15.3. The average molecular weight is 1180 g/mol. The summed E-state index contributed by atoms with van der Waals surface area (Å²) in [5.41, 5.74) is 17.5. The molecule has 0 saturated carbocycles. The minimum absolute atomic E-state index is 0.0468. The fourth-order valence-corrected chi connectivity index (χ4v) is 9.23. The van der Waals surface area contributed by atoms with E-state index in [0.717, 1.165) is 127 Å². The number of ether oxygens (including phenoxy) is 1. The molecule has 4 aromatic rings. The number of hydrogen-bond acceptors (Lipinski definition) is 13. The third-order valence-electron chi connectivity index (χ3n) is 14.5. The van der Waals surface area contributed by atoms with E-state index in [0.29, 0.717) is 55.2 Å². The second-order valence-electron chi connectivity index (χ2n) is 22.2. The Kier molecular flexibility index (Phi) is 42.2. The van der Waals surface area contributed by atoms with Crippen LogP contribution < -0.4 is 30.9 Å². The van der Waals surface area contributed by atoms with Gasteiger partial charge in [-0.3, -0.25) is 29.3 Å². The summed E-state index contributed by atoms with van der Waals surface area (Å²) in [6.45, 7) is 48.1. The summed E-state index contributed by atoms with van der Waals surface area (Å²) in [6, 6.07) is 23.0. The molecule has 0 aliphatic carbocycles. The molecular weight excluding hydrogens is 1070 g/mol. The van der Waals surface area contributed by atoms with Crippen LogP contribution in [0.3, 0.4) is 0 Å². The fraction of sp³-hybridized carbons (Fsp3) is 0.549. The van der Waals surface area contributed by atoms with Crippen LogP contribution in [-0.4, -0.2) is 125 Å². The van der Waals surface area contributed by atoms with Gasteiger partial charge >= 0.3 is 72.8 Å². The molecule has 2 saturated heterocycles. The van der Waals surface area contributed by atoms with E-state index < -0.39 is 0 Å². The van der Waals surface area contributed by atoms with Crippen LogP contribution >= 0.6 is 0 Å². The molecule has 0 spiro atoms. The number of piperidine rings is 1. The molecule has 1 aromatic heterocycles. The number of nitrogens with two attached hydrogens (primary N) is 1. The Bertz CT molecular complexity index is 2640. The Balaban J connectivity index is 0.00000114. The number of hydrogen-bond donors (Lipinski definition) is 3. The molecule has 3 unspecified atom stereocenters. The molecule has 475 valence electrons. The normalized spacial score (nSPS) is 15.1. The van der Waals surface area contributed by atoms with E-state index in [1.165, 1.54) is 37.6 Å². The van der Waals surface area contributed by atoms with Gasteiger partial charge in [0.15, 0.2) is 0 Å². The van der Waals surface area contributed by atoms with Gasteiger partial charge in [-0.1, -0.05) is 115 Å². The Labute approximate surface area is 522 Å². The second-order valence-corrected chi connectivity index (χ2v) is 22.2. The zero-order valence-electron chi connectivity index (χ0n) is 56.7. The maximum atomic E-state index is 10.8. The van der Waals surface area contributed by atoms with Gasteiger partial charge in [0.25, 0.3) is 0 Å². The number of aliphatic imine (C=N–C) groups is 2. The van der Waals surface area contributed by atoms with Crippen molar-refractivity contribution < 1.29 is 23.9 Å². The van der Waals surface area contributed by atoms with E-state index in [1.54, 1.807) is 13.8 Å². The van der Waals surface area contributed by atoms with Crippen LogP contribution in [0.25, 0.3) is 0 Å². The van der Waals surface area contributed by atoms with Crippen LogP contribution in [0.1, 0.15) is 194 Å². The van der Waals surface area contributed by atoms with E-state index in [-0.39, 0.29) is 17.5 Å². The van der Waals surface area contributed by atoms with Crippen molar-refractivity contribution in [3.63, 3.8) is 0 Å². The van der Waals surface area contributed by atoms with Crippen molar-refractivity contribution in [3.8, 4) is 5.88 Å². The molecule has 14 nitrogen and oxygen atoms in total. The van der Waals surface area contributed by atoms with Crippen molar-refractivity contribution in [1.29, 1.82) is 0 Å². The maximum absolute atomic E-state index is 10.8. The number of carbonyl (C=O) groups excluding carboxylic acids is 4. The zero-order chi connectivity index (χ0) is 65.3. The predicted molar refractivity (Wildman–Crippen MR) is 373 cm³/mol. The third kappa shape index (κ3) is 29.2. The van der Waals surface area contributed by atoms with Gasteiger partial charge in [-0.05, 0) is 119 Å². The molecule has 1 amide bonds. The molecule has 4 heterocycles. The number of aromatic nitrogens is 1. The van der Waals surface area contributed by atoms with Gasteiger partial charge in [0, 0.05) is 87.2 Å². The van der Waals surface area contributed by atoms with Gasteiger partial charge < -0.3 is 30.9 Å². The number of benzene rings is 3. The first-order chi connectivity index (χ1) is 41.2. The molecule has 3 aliphatic heterocycles. The van der Waals surface area contributed by atoms with Crippen LogP contribution in [0.5, 0.6) is 5.88 Å². The Hall–Kier alpha value is -6.58. The summed E-state index contributed by atoms with van der Waals surface area (Å²) < 4.78 is 5.68. The van der Waals surface area contributed by atoms with Crippen molar-refractivity contribution in [3.05, 3.63) is 113 Å². The van der Waals surface area contributed by atoms with Crippen molar-refractivity contribution in [2.75, 3.05) is 79.9 Å². The summed E-state index contributed by atoms with van der Waals surface area (Å²) in [4.78, 5) is 63.6. The summed E-state index contributed by atoms with van der Waals surface area (Å²) in [5.74, 6) is 3.32. The van der Waals surface area contributed by atoms with Gasteiger partial charge in [0.05, 0.1) is 29.8 Å². The molecule has 0 bridgehead atoms. The Morgan fingerprint density at radius 2 is 1.47 bits per heavy atom. The fourth-order valence-electron chi connectivity index (χ4n) is 9.23. The number of aryl methyl sites for hydroxylation is 1. The van der Waals surface area contributed by atoms with E-state index in [9.17, 15) is 19.2 Å². The number of anilines is 4. The number of ketones is 2. The van der Waals surface area contributed by atoms with Crippen molar-refractivity contribution >= 4 is 78.1 Å². The van der Waals surface area contributed by atoms with Crippen LogP contribution in [0, 0.1) is 31.6 Å². The third-order valence-corrected chi connectivity index (χ3v) is 14.5. The second kappa shape index (κ2) is 45.7. The number of Topliss-reactive ketones (excluding diaryl/α,β-unsaturated/α-hetero) is 2. The molecule has 15 heteroatoms. The topological polar surface area (TPSA) is 175 Å². The number of rotatable bonds is 19. The number of pyridine rings is 1.